The monoisotopic (exact) mass is 347 g/mol. The number of halogens is 3. The summed E-state index contributed by atoms with van der Waals surface area (Å²) >= 11 is 0. The quantitative estimate of drug-likeness (QED) is 0.755. The standard InChI is InChI=1S/C18H16F3N3O/c1-11-23-15-7-6-12(8-16(15)24-11)10-22-17(25)9-13-4-2-3-5-14(13)18(19,20)21/h2-8H,9-10H2,1H3,(H,22,25)(H,23,24). The molecule has 3 aromatic rings. The molecular formula is C18H16F3N3O. The summed E-state index contributed by atoms with van der Waals surface area (Å²) in [6.07, 6.45) is -4.79. The molecule has 0 aliphatic rings. The molecule has 130 valence electrons. The molecule has 1 heterocycles. The number of aromatic nitrogens is 2. The maximum atomic E-state index is 13.0. The number of benzene rings is 2. The fourth-order valence-corrected chi connectivity index (χ4v) is 2.68. The molecule has 0 fully saturated rings. The molecular weight excluding hydrogens is 331 g/mol. The van der Waals surface area contributed by atoms with Gasteiger partial charge >= 0.3 is 6.18 Å². The SMILES string of the molecule is Cc1nc2ccc(CNC(=O)Cc3ccccc3C(F)(F)F)cc2[nH]1. The number of imidazole rings is 1. The number of carbonyl (C=O) groups is 1. The van der Waals surface area contributed by atoms with Gasteiger partial charge in [-0.3, -0.25) is 4.79 Å². The first-order chi connectivity index (χ1) is 11.8. The van der Waals surface area contributed by atoms with E-state index in [0.29, 0.717) is 0 Å². The number of alkyl halides is 3. The number of hydrogen-bond acceptors (Lipinski definition) is 2. The lowest BCUT2D eigenvalue weighted by Crippen LogP contribution is -2.25. The summed E-state index contributed by atoms with van der Waals surface area (Å²) in [7, 11) is 0. The lowest BCUT2D eigenvalue weighted by molar-refractivity contribution is -0.138. The third-order valence-corrected chi connectivity index (χ3v) is 3.83. The zero-order valence-electron chi connectivity index (χ0n) is 13.4. The van der Waals surface area contributed by atoms with E-state index in [2.05, 4.69) is 15.3 Å². The van der Waals surface area contributed by atoms with Gasteiger partial charge in [0.05, 0.1) is 23.0 Å². The molecule has 2 N–H and O–H groups in total. The van der Waals surface area contributed by atoms with Gasteiger partial charge in [0.15, 0.2) is 0 Å². The molecule has 7 heteroatoms. The van der Waals surface area contributed by atoms with Gasteiger partial charge in [-0.2, -0.15) is 13.2 Å². The highest BCUT2D eigenvalue weighted by Gasteiger charge is 2.33. The highest BCUT2D eigenvalue weighted by molar-refractivity contribution is 5.79. The minimum Gasteiger partial charge on any atom is -0.352 e. The zero-order chi connectivity index (χ0) is 18.0. The highest BCUT2D eigenvalue weighted by Crippen LogP contribution is 2.32. The van der Waals surface area contributed by atoms with Crippen LogP contribution in [0.2, 0.25) is 0 Å². The van der Waals surface area contributed by atoms with Crippen molar-refractivity contribution in [1.82, 2.24) is 15.3 Å². The molecule has 0 aliphatic carbocycles. The Morgan fingerprint density at radius 2 is 1.96 bits per heavy atom. The Morgan fingerprint density at radius 1 is 1.20 bits per heavy atom. The Morgan fingerprint density at radius 3 is 2.72 bits per heavy atom. The van der Waals surface area contributed by atoms with Crippen LogP contribution in [0.5, 0.6) is 0 Å². The highest BCUT2D eigenvalue weighted by atomic mass is 19.4. The van der Waals surface area contributed by atoms with E-state index in [-0.39, 0.29) is 18.5 Å². The molecule has 25 heavy (non-hydrogen) atoms. The fraction of sp³-hybridized carbons (Fsp3) is 0.222. The molecule has 1 amide bonds. The summed E-state index contributed by atoms with van der Waals surface area (Å²) in [5, 5.41) is 2.66. The molecule has 0 bridgehead atoms. The van der Waals surface area contributed by atoms with Crippen LogP contribution < -0.4 is 5.32 Å². The van der Waals surface area contributed by atoms with Crippen molar-refractivity contribution < 1.29 is 18.0 Å². The van der Waals surface area contributed by atoms with Crippen LogP contribution in [0, 0.1) is 6.92 Å². The molecule has 0 unspecified atom stereocenters. The minimum absolute atomic E-state index is 0.0351. The van der Waals surface area contributed by atoms with Gasteiger partial charge in [0, 0.05) is 6.54 Å². The second-order valence-electron chi connectivity index (χ2n) is 5.78. The molecule has 0 aliphatic heterocycles. The van der Waals surface area contributed by atoms with E-state index in [1.807, 2.05) is 25.1 Å². The lowest BCUT2D eigenvalue weighted by atomic mass is 10.0. The number of fused-ring (bicyclic) bond motifs is 1. The first-order valence-corrected chi connectivity index (χ1v) is 7.70. The zero-order valence-corrected chi connectivity index (χ0v) is 13.4. The summed E-state index contributed by atoms with van der Waals surface area (Å²) in [6.45, 7) is 2.08. The average Bonchev–Trinajstić information content (AvgIpc) is 2.91. The van der Waals surface area contributed by atoms with Crippen molar-refractivity contribution in [1.29, 1.82) is 0 Å². The first kappa shape index (κ1) is 17.0. The predicted octanol–water partition coefficient (Wildman–Crippen LogP) is 3.75. The van der Waals surface area contributed by atoms with Gasteiger partial charge in [0.1, 0.15) is 5.82 Å². The summed E-state index contributed by atoms with van der Waals surface area (Å²) in [6, 6.07) is 10.6. The van der Waals surface area contributed by atoms with Gasteiger partial charge in [-0.15, -0.1) is 0 Å². The second-order valence-corrected chi connectivity index (χ2v) is 5.78. The van der Waals surface area contributed by atoms with Crippen molar-refractivity contribution in [2.45, 2.75) is 26.1 Å². The van der Waals surface area contributed by atoms with Crippen LogP contribution in [-0.4, -0.2) is 15.9 Å². The predicted molar refractivity (Wildman–Crippen MR) is 87.8 cm³/mol. The van der Waals surface area contributed by atoms with E-state index < -0.39 is 17.6 Å². The van der Waals surface area contributed by atoms with Crippen LogP contribution in [0.3, 0.4) is 0 Å². The van der Waals surface area contributed by atoms with Crippen molar-refractivity contribution in [2.75, 3.05) is 0 Å². The van der Waals surface area contributed by atoms with Crippen molar-refractivity contribution in [2.24, 2.45) is 0 Å². The number of amides is 1. The van der Waals surface area contributed by atoms with Gasteiger partial charge in [-0.05, 0) is 36.2 Å². The van der Waals surface area contributed by atoms with E-state index in [4.69, 9.17) is 0 Å². The van der Waals surface area contributed by atoms with Crippen molar-refractivity contribution >= 4 is 16.9 Å². The fourth-order valence-electron chi connectivity index (χ4n) is 2.68. The van der Waals surface area contributed by atoms with Crippen LogP contribution in [0.25, 0.3) is 11.0 Å². The maximum Gasteiger partial charge on any atom is 0.416 e. The second kappa shape index (κ2) is 6.58. The average molecular weight is 347 g/mol. The summed E-state index contributed by atoms with van der Waals surface area (Å²) in [5.74, 6) is 0.331. The van der Waals surface area contributed by atoms with Gasteiger partial charge in [-0.25, -0.2) is 4.98 Å². The first-order valence-electron chi connectivity index (χ1n) is 7.70. The molecule has 2 aromatic carbocycles. The molecule has 0 saturated heterocycles. The van der Waals surface area contributed by atoms with Crippen LogP contribution in [0.1, 0.15) is 22.5 Å². The van der Waals surface area contributed by atoms with E-state index in [1.165, 1.54) is 18.2 Å². The Kier molecular flexibility index (Phi) is 4.48. The molecule has 0 radical (unpaired) electrons. The van der Waals surface area contributed by atoms with E-state index >= 15 is 0 Å². The Hall–Kier alpha value is -2.83. The number of carbonyl (C=O) groups excluding carboxylic acids is 1. The molecule has 1 aromatic heterocycles. The van der Waals surface area contributed by atoms with Crippen LogP contribution in [-0.2, 0) is 23.9 Å². The summed E-state index contributed by atoms with van der Waals surface area (Å²) in [4.78, 5) is 19.4. The molecule has 3 rings (SSSR count). The number of rotatable bonds is 4. The smallest absolute Gasteiger partial charge is 0.352 e. The van der Waals surface area contributed by atoms with E-state index in [9.17, 15) is 18.0 Å². The number of hydrogen-bond donors (Lipinski definition) is 2. The van der Waals surface area contributed by atoms with Gasteiger partial charge in [-0.1, -0.05) is 24.3 Å². The number of nitrogens with zero attached hydrogens (tertiary/aromatic N) is 1. The third kappa shape index (κ3) is 3.99. The molecule has 0 saturated carbocycles. The van der Waals surface area contributed by atoms with E-state index in [0.717, 1.165) is 28.5 Å². The normalized spacial score (nSPS) is 11.7. The largest absolute Gasteiger partial charge is 0.416 e. The Balaban J connectivity index is 1.66. The van der Waals surface area contributed by atoms with Crippen LogP contribution in [0.4, 0.5) is 13.2 Å². The third-order valence-electron chi connectivity index (χ3n) is 3.83. The lowest BCUT2D eigenvalue weighted by Gasteiger charge is -2.12. The minimum atomic E-state index is -4.47. The Bertz CT molecular complexity index is 915. The van der Waals surface area contributed by atoms with Crippen molar-refractivity contribution in [3.63, 3.8) is 0 Å². The number of aryl methyl sites for hydroxylation is 1. The molecule has 0 atom stereocenters. The van der Waals surface area contributed by atoms with Gasteiger partial charge < -0.3 is 10.3 Å². The number of nitrogens with one attached hydrogen (secondary N) is 2. The Labute approximate surface area is 142 Å². The maximum absolute atomic E-state index is 13.0. The van der Waals surface area contributed by atoms with Crippen LogP contribution >= 0.6 is 0 Å². The van der Waals surface area contributed by atoms with E-state index in [1.54, 1.807) is 0 Å². The number of H-pyrrole nitrogens is 1. The summed E-state index contributed by atoms with van der Waals surface area (Å²) in [5.41, 5.74) is 1.71. The van der Waals surface area contributed by atoms with Gasteiger partial charge in [0.2, 0.25) is 5.91 Å². The van der Waals surface area contributed by atoms with Gasteiger partial charge in [0.25, 0.3) is 0 Å². The number of aromatic amines is 1. The van der Waals surface area contributed by atoms with Crippen LogP contribution in [0.15, 0.2) is 42.5 Å². The molecule has 4 nitrogen and oxygen atoms in total. The summed E-state index contributed by atoms with van der Waals surface area (Å²) < 4.78 is 38.9. The topological polar surface area (TPSA) is 57.8 Å². The van der Waals surface area contributed by atoms with Crippen molar-refractivity contribution in [3.8, 4) is 0 Å². The van der Waals surface area contributed by atoms with Crippen molar-refractivity contribution in [3.05, 3.63) is 65.0 Å². The molecule has 0 spiro atoms.